The Labute approximate surface area is 185 Å². The van der Waals surface area contributed by atoms with Gasteiger partial charge in [-0.25, -0.2) is 4.68 Å². The van der Waals surface area contributed by atoms with Gasteiger partial charge in [-0.3, -0.25) is 4.79 Å². The van der Waals surface area contributed by atoms with Crippen molar-refractivity contribution in [3.63, 3.8) is 0 Å². The zero-order chi connectivity index (χ0) is 22.2. The summed E-state index contributed by atoms with van der Waals surface area (Å²) in [6, 6.07) is 12.9. The molecule has 164 valence electrons. The van der Waals surface area contributed by atoms with Crippen molar-refractivity contribution in [2.45, 2.75) is 25.3 Å². The maximum atomic E-state index is 13.0. The molecule has 8 heteroatoms. The smallest absolute Gasteiger partial charge is 0.226 e. The van der Waals surface area contributed by atoms with Crippen LogP contribution >= 0.6 is 0 Å². The van der Waals surface area contributed by atoms with Gasteiger partial charge in [0.15, 0.2) is 23.1 Å². The van der Waals surface area contributed by atoms with Crippen LogP contribution in [-0.4, -0.2) is 41.9 Å². The lowest BCUT2D eigenvalue weighted by Gasteiger charge is -2.32. The van der Waals surface area contributed by atoms with Crippen LogP contribution in [0.25, 0.3) is 11.4 Å². The summed E-state index contributed by atoms with van der Waals surface area (Å²) in [4.78, 5) is 17.8. The maximum Gasteiger partial charge on any atom is 0.226 e. The molecule has 1 atom stereocenters. The van der Waals surface area contributed by atoms with Crippen molar-refractivity contribution in [2.75, 3.05) is 26.6 Å². The van der Waals surface area contributed by atoms with Crippen molar-refractivity contribution in [3.05, 3.63) is 59.3 Å². The molecule has 2 heterocycles. The van der Waals surface area contributed by atoms with Gasteiger partial charge in [0, 0.05) is 17.7 Å². The van der Waals surface area contributed by atoms with E-state index in [1.807, 2.05) is 42.5 Å². The Morgan fingerprint density at radius 1 is 0.969 bits per heavy atom. The van der Waals surface area contributed by atoms with E-state index in [0.717, 1.165) is 35.2 Å². The zero-order valence-corrected chi connectivity index (χ0v) is 18.2. The number of carbonyl (C=O) groups is 1. The number of aromatic nitrogens is 3. The molecule has 1 aliphatic carbocycles. The molecule has 0 spiro atoms. The summed E-state index contributed by atoms with van der Waals surface area (Å²) in [7, 11) is 4.82. The predicted molar refractivity (Wildman–Crippen MR) is 119 cm³/mol. The average molecular weight is 432 g/mol. The van der Waals surface area contributed by atoms with Crippen LogP contribution < -0.4 is 19.5 Å². The minimum atomic E-state index is -0.412. The van der Waals surface area contributed by atoms with Crippen LogP contribution in [0.5, 0.6) is 17.2 Å². The first kappa shape index (κ1) is 20.1. The number of carbonyl (C=O) groups excluding carboxylic acids is 1. The highest BCUT2D eigenvalue weighted by atomic mass is 16.5. The number of hydrogen-bond acceptors (Lipinski definition) is 7. The fourth-order valence-electron chi connectivity index (χ4n) is 4.43. The quantitative estimate of drug-likeness (QED) is 0.652. The number of benzene rings is 2. The number of fused-ring (bicyclic) bond motifs is 1. The number of Topliss-reactive ketones (excluding diaryl/α,β-unsaturated/α-hetero) is 1. The molecule has 0 bridgehead atoms. The van der Waals surface area contributed by atoms with E-state index in [1.54, 1.807) is 26.0 Å². The highest BCUT2D eigenvalue weighted by Crippen LogP contribution is 2.43. The van der Waals surface area contributed by atoms with Gasteiger partial charge in [0.25, 0.3) is 0 Å². The summed E-state index contributed by atoms with van der Waals surface area (Å²) in [5, 5.41) is 8.17. The molecule has 0 amide bonds. The third-order valence-electron chi connectivity index (χ3n) is 5.94. The largest absolute Gasteiger partial charge is 0.496 e. The molecule has 1 aliphatic heterocycles. The topological polar surface area (TPSA) is 87.5 Å². The SMILES string of the molecule is COc1ccc(C2C3=C(CCCC3=O)Nc3nc(-c4ccccc4OC)nn32)cc1OC. The molecule has 1 N–H and O–H groups in total. The first-order valence-electron chi connectivity index (χ1n) is 10.5. The van der Waals surface area contributed by atoms with Crippen LogP contribution in [0, 0.1) is 0 Å². The standard InChI is InChI=1S/C24H24N4O4/c1-30-18-10-5-4-7-15(18)23-26-24-25-16-8-6-9-17(29)21(16)22(28(24)27-23)14-11-12-19(31-2)20(13-14)32-3/h4-5,7,10-13,22H,6,8-9H2,1-3H3,(H,25,26,27). The average Bonchev–Trinajstić information content (AvgIpc) is 3.26. The van der Waals surface area contributed by atoms with Crippen molar-refractivity contribution in [2.24, 2.45) is 0 Å². The number of allylic oxidation sites excluding steroid dienone is 2. The van der Waals surface area contributed by atoms with Crippen molar-refractivity contribution < 1.29 is 19.0 Å². The summed E-state index contributed by atoms with van der Waals surface area (Å²) >= 11 is 0. The number of ketones is 1. The van der Waals surface area contributed by atoms with Crippen LogP contribution in [0.2, 0.25) is 0 Å². The number of hydrogen-bond donors (Lipinski definition) is 1. The number of ether oxygens (including phenoxy) is 3. The molecule has 1 aromatic heterocycles. The second kappa shape index (κ2) is 8.03. The Bertz CT molecular complexity index is 1230. The van der Waals surface area contributed by atoms with Crippen molar-refractivity contribution >= 4 is 11.7 Å². The van der Waals surface area contributed by atoms with E-state index in [0.29, 0.717) is 35.4 Å². The summed E-state index contributed by atoms with van der Waals surface area (Å²) < 4.78 is 18.2. The molecule has 8 nitrogen and oxygen atoms in total. The van der Waals surface area contributed by atoms with Crippen molar-refractivity contribution in [1.82, 2.24) is 14.8 Å². The van der Waals surface area contributed by atoms with Gasteiger partial charge in [0.1, 0.15) is 11.8 Å². The Balaban J connectivity index is 1.69. The van der Waals surface area contributed by atoms with E-state index >= 15 is 0 Å². The van der Waals surface area contributed by atoms with Gasteiger partial charge in [0.2, 0.25) is 5.95 Å². The lowest BCUT2D eigenvalue weighted by atomic mass is 9.85. The van der Waals surface area contributed by atoms with E-state index in [4.69, 9.17) is 24.3 Å². The second-order valence-corrected chi connectivity index (χ2v) is 7.71. The highest BCUT2D eigenvalue weighted by molar-refractivity contribution is 5.99. The normalized spacial score (nSPS) is 17.3. The Hall–Kier alpha value is -3.81. The second-order valence-electron chi connectivity index (χ2n) is 7.71. The molecule has 0 saturated heterocycles. The fourth-order valence-corrected chi connectivity index (χ4v) is 4.43. The molecular formula is C24H24N4O4. The van der Waals surface area contributed by atoms with E-state index in [2.05, 4.69) is 5.32 Å². The van der Waals surface area contributed by atoms with Crippen LogP contribution in [-0.2, 0) is 4.79 Å². The van der Waals surface area contributed by atoms with Crippen LogP contribution in [0.1, 0.15) is 30.9 Å². The number of para-hydroxylation sites is 1. The minimum Gasteiger partial charge on any atom is -0.496 e. The fraction of sp³-hybridized carbons (Fsp3) is 0.292. The Morgan fingerprint density at radius 2 is 1.75 bits per heavy atom. The van der Waals surface area contributed by atoms with Crippen molar-refractivity contribution in [1.29, 1.82) is 0 Å². The van der Waals surface area contributed by atoms with E-state index in [-0.39, 0.29) is 5.78 Å². The molecular weight excluding hydrogens is 408 g/mol. The molecule has 2 aliphatic rings. The molecule has 0 radical (unpaired) electrons. The van der Waals surface area contributed by atoms with Gasteiger partial charge >= 0.3 is 0 Å². The van der Waals surface area contributed by atoms with E-state index < -0.39 is 6.04 Å². The lowest BCUT2D eigenvalue weighted by Crippen LogP contribution is -2.31. The summed E-state index contributed by atoms with van der Waals surface area (Å²) in [5.41, 5.74) is 3.30. The third kappa shape index (κ3) is 3.19. The predicted octanol–water partition coefficient (Wildman–Crippen LogP) is 3.99. The maximum absolute atomic E-state index is 13.0. The minimum absolute atomic E-state index is 0.124. The molecule has 5 rings (SSSR count). The molecule has 1 unspecified atom stereocenters. The monoisotopic (exact) mass is 432 g/mol. The van der Waals surface area contributed by atoms with Crippen LogP contribution in [0.4, 0.5) is 5.95 Å². The first-order valence-corrected chi connectivity index (χ1v) is 10.5. The molecule has 3 aromatic rings. The summed E-state index contributed by atoms with van der Waals surface area (Å²) in [5.74, 6) is 3.16. The number of methoxy groups -OCH3 is 3. The van der Waals surface area contributed by atoms with E-state index in [9.17, 15) is 4.79 Å². The highest BCUT2D eigenvalue weighted by Gasteiger charge is 2.37. The summed E-state index contributed by atoms with van der Waals surface area (Å²) in [6.45, 7) is 0. The van der Waals surface area contributed by atoms with Crippen molar-refractivity contribution in [3.8, 4) is 28.6 Å². The first-order chi connectivity index (χ1) is 15.6. The Morgan fingerprint density at radius 3 is 2.53 bits per heavy atom. The number of anilines is 1. The number of nitrogens with one attached hydrogen (secondary N) is 1. The van der Waals surface area contributed by atoms with Crippen LogP contribution in [0.3, 0.4) is 0 Å². The molecule has 32 heavy (non-hydrogen) atoms. The molecule has 2 aromatic carbocycles. The Kier molecular flexibility index (Phi) is 5.05. The molecule has 0 fully saturated rings. The van der Waals surface area contributed by atoms with Crippen LogP contribution in [0.15, 0.2) is 53.7 Å². The zero-order valence-electron chi connectivity index (χ0n) is 18.2. The lowest BCUT2D eigenvalue weighted by molar-refractivity contribution is -0.116. The van der Waals surface area contributed by atoms with E-state index in [1.165, 1.54) is 0 Å². The van der Waals surface area contributed by atoms with Gasteiger partial charge in [-0.1, -0.05) is 18.2 Å². The van der Waals surface area contributed by atoms with Gasteiger partial charge in [-0.15, -0.1) is 5.10 Å². The van der Waals surface area contributed by atoms with Gasteiger partial charge in [0.05, 0.1) is 26.9 Å². The van der Waals surface area contributed by atoms with Gasteiger partial charge in [-0.2, -0.15) is 4.98 Å². The molecule has 0 saturated carbocycles. The number of rotatable bonds is 5. The third-order valence-corrected chi connectivity index (χ3v) is 5.94. The van der Waals surface area contributed by atoms with Gasteiger partial charge < -0.3 is 19.5 Å². The summed E-state index contributed by atoms with van der Waals surface area (Å²) in [6.07, 6.45) is 2.13. The van der Waals surface area contributed by atoms with Gasteiger partial charge in [-0.05, 0) is 42.7 Å². The number of nitrogens with zero attached hydrogens (tertiary/aromatic N) is 3.